The molecule has 2 rings (SSSR count). The minimum Gasteiger partial charge on any atom is -0.479 e. The van der Waals surface area contributed by atoms with Gasteiger partial charge in [-0.2, -0.15) is 0 Å². The van der Waals surface area contributed by atoms with Gasteiger partial charge in [0.05, 0.1) is 0 Å². The van der Waals surface area contributed by atoms with Crippen LogP contribution >= 0.6 is 0 Å². The third-order valence-corrected chi connectivity index (χ3v) is 4.38. The number of carboxylic acid groups (broad SMARTS) is 1. The van der Waals surface area contributed by atoms with Crippen molar-refractivity contribution in [1.82, 2.24) is 9.47 Å². The lowest BCUT2D eigenvalue weighted by Gasteiger charge is -2.40. The molecule has 6 heteroatoms. The molecule has 0 radical (unpaired) electrons. The molecule has 1 heterocycles. The minimum atomic E-state index is -1.20. The van der Waals surface area contributed by atoms with Crippen LogP contribution in [0, 0.1) is 0 Å². The number of aromatic nitrogens is 1. The summed E-state index contributed by atoms with van der Waals surface area (Å²) in [5, 5.41) is 9.60. The second kappa shape index (κ2) is 5.71. The number of aliphatic carboxylic acids is 1. The minimum absolute atomic E-state index is 0.00805. The molecule has 1 amide bonds. The Hall–Kier alpha value is -2.11. The van der Waals surface area contributed by atoms with Crippen molar-refractivity contribution < 1.29 is 14.7 Å². The van der Waals surface area contributed by atoms with Gasteiger partial charge >= 0.3 is 5.97 Å². The average molecular weight is 292 g/mol. The summed E-state index contributed by atoms with van der Waals surface area (Å²) in [6.07, 6.45) is 4.94. The van der Waals surface area contributed by atoms with Gasteiger partial charge in [-0.25, -0.2) is 4.79 Å². The average Bonchev–Trinajstić information content (AvgIpc) is 2.49. The Bertz CT molecular complexity index is 614. The molecule has 0 unspecified atom stereocenters. The van der Waals surface area contributed by atoms with Crippen LogP contribution in [0.3, 0.4) is 0 Å². The standard InChI is InChI=1S/C15H20N2O4/c1-16-10-6-7-11(12(16)18)13(19)17(2)15(14(20)21)8-4-3-5-9-15/h6-7,10H,3-5,8-9H2,1-2H3,(H,20,21). The van der Waals surface area contributed by atoms with Crippen molar-refractivity contribution in [2.45, 2.75) is 37.6 Å². The SMILES string of the molecule is CN(C(=O)c1cccn(C)c1=O)C1(C(=O)O)CCCCC1. The van der Waals surface area contributed by atoms with Gasteiger partial charge < -0.3 is 14.6 Å². The fourth-order valence-electron chi connectivity index (χ4n) is 2.96. The molecule has 0 bridgehead atoms. The van der Waals surface area contributed by atoms with E-state index in [2.05, 4.69) is 0 Å². The Morgan fingerprint density at radius 2 is 1.90 bits per heavy atom. The number of rotatable bonds is 3. The summed E-state index contributed by atoms with van der Waals surface area (Å²) in [6.45, 7) is 0. The van der Waals surface area contributed by atoms with Crippen LogP contribution in [0.2, 0.25) is 0 Å². The normalized spacial score (nSPS) is 17.2. The second-order valence-corrected chi connectivity index (χ2v) is 5.60. The van der Waals surface area contributed by atoms with Crippen molar-refractivity contribution in [3.63, 3.8) is 0 Å². The number of amides is 1. The molecule has 1 aliphatic carbocycles. The van der Waals surface area contributed by atoms with Gasteiger partial charge in [-0.05, 0) is 25.0 Å². The molecular weight excluding hydrogens is 272 g/mol. The lowest BCUT2D eigenvalue weighted by molar-refractivity contribution is -0.151. The molecule has 6 nitrogen and oxygen atoms in total. The zero-order chi connectivity index (χ0) is 15.6. The Balaban J connectivity index is 2.39. The van der Waals surface area contributed by atoms with E-state index < -0.39 is 23.0 Å². The summed E-state index contributed by atoms with van der Waals surface area (Å²) < 4.78 is 1.31. The summed E-state index contributed by atoms with van der Waals surface area (Å²) in [7, 11) is 3.04. The molecule has 0 aromatic carbocycles. The van der Waals surface area contributed by atoms with Gasteiger partial charge in [-0.3, -0.25) is 9.59 Å². The Morgan fingerprint density at radius 3 is 2.48 bits per heavy atom. The van der Waals surface area contributed by atoms with Gasteiger partial charge in [0.1, 0.15) is 11.1 Å². The van der Waals surface area contributed by atoms with Crippen LogP contribution in [0.15, 0.2) is 23.1 Å². The molecular formula is C15H20N2O4. The number of hydrogen-bond acceptors (Lipinski definition) is 3. The van der Waals surface area contributed by atoms with Crippen molar-refractivity contribution in [1.29, 1.82) is 0 Å². The number of likely N-dealkylation sites (N-methyl/N-ethyl adjacent to an activating group) is 1. The van der Waals surface area contributed by atoms with Crippen LogP contribution in [0.4, 0.5) is 0 Å². The summed E-state index contributed by atoms with van der Waals surface area (Å²) in [4.78, 5) is 37.6. The number of carboxylic acids is 1. The maximum Gasteiger partial charge on any atom is 0.329 e. The lowest BCUT2D eigenvalue weighted by atomic mass is 9.80. The molecule has 1 aliphatic rings. The smallest absolute Gasteiger partial charge is 0.329 e. The molecule has 1 saturated carbocycles. The predicted octanol–water partition coefficient (Wildman–Crippen LogP) is 1.24. The van der Waals surface area contributed by atoms with Gasteiger partial charge in [-0.15, -0.1) is 0 Å². The van der Waals surface area contributed by atoms with Crippen LogP contribution in [-0.4, -0.2) is 39.0 Å². The number of carbonyl (C=O) groups excluding carboxylic acids is 1. The molecule has 0 aliphatic heterocycles. The van der Waals surface area contributed by atoms with E-state index in [-0.39, 0.29) is 5.56 Å². The quantitative estimate of drug-likeness (QED) is 0.909. The number of carbonyl (C=O) groups is 2. The van der Waals surface area contributed by atoms with E-state index in [1.54, 1.807) is 19.3 Å². The van der Waals surface area contributed by atoms with Crippen molar-refractivity contribution in [2.24, 2.45) is 7.05 Å². The molecule has 1 aromatic rings. The highest BCUT2D eigenvalue weighted by Crippen LogP contribution is 2.33. The number of nitrogens with zero attached hydrogens (tertiary/aromatic N) is 2. The van der Waals surface area contributed by atoms with Gasteiger partial charge in [-0.1, -0.05) is 19.3 Å². The zero-order valence-electron chi connectivity index (χ0n) is 12.3. The molecule has 1 fully saturated rings. The van der Waals surface area contributed by atoms with E-state index >= 15 is 0 Å². The van der Waals surface area contributed by atoms with Gasteiger partial charge in [0.15, 0.2) is 0 Å². The third kappa shape index (κ3) is 2.57. The van der Waals surface area contributed by atoms with Gasteiger partial charge in [0.25, 0.3) is 11.5 Å². The molecule has 0 spiro atoms. The molecule has 114 valence electrons. The topological polar surface area (TPSA) is 79.6 Å². The van der Waals surface area contributed by atoms with Gasteiger partial charge in [0.2, 0.25) is 0 Å². The van der Waals surface area contributed by atoms with Crippen molar-refractivity contribution >= 4 is 11.9 Å². The Labute approximate surface area is 123 Å². The first kappa shape index (κ1) is 15.3. The number of pyridine rings is 1. The maximum absolute atomic E-state index is 12.6. The van der Waals surface area contributed by atoms with Crippen molar-refractivity contribution in [2.75, 3.05) is 7.05 Å². The molecule has 21 heavy (non-hydrogen) atoms. The maximum atomic E-state index is 12.6. The monoisotopic (exact) mass is 292 g/mol. The van der Waals surface area contributed by atoms with E-state index in [4.69, 9.17) is 0 Å². The number of aryl methyl sites for hydroxylation is 1. The third-order valence-electron chi connectivity index (χ3n) is 4.38. The van der Waals surface area contributed by atoms with Crippen LogP contribution in [0.5, 0.6) is 0 Å². The summed E-state index contributed by atoms with van der Waals surface area (Å²) in [5.74, 6) is -1.52. The lowest BCUT2D eigenvalue weighted by Crippen LogP contribution is -2.57. The highest BCUT2D eigenvalue weighted by atomic mass is 16.4. The summed E-state index contributed by atoms with van der Waals surface area (Å²) in [5.41, 5.74) is -1.60. The molecule has 1 aromatic heterocycles. The largest absolute Gasteiger partial charge is 0.479 e. The highest BCUT2D eigenvalue weighted by molar-refractivity contribution is 5.97. The molecule has 0 saturated heterocycles. The van der Waals surface area contributed by atoms with E-state index in [9.17, 15) is 19.5 Å². The summed E-state index contributed by atoms with van der Waals surface area (Å²) in [6, 6.07) is 3.05. The number of hydrogen-bond donors (Lipinski definition) is 1. The van der Waals surface area contributed by atoms with E-state index in [0.717, 1.165) is 19.3 Å². The van der Waals surface area contributed by atoms with Crippen LogP contribution < -0.4 is 5.56 Å². The van der Waals surface area contributed by atoms with Crippen molar-refractivity contribution in [3.05, 3.63) is 34.2 Å². The van der Waals surface area contributed by atoms with Crippen LogP contribution in [-0.2, 0) is 11.8 Å². The van der Waals surface area contributed by atoms with Crippen molar-refractivity contribution in [3.8, 4) is 0 Å². The summed E-state index contributed by atoms with van der Waals surface area (Å²) >= 11 is 0. The second-order valence-electron chi connectivity index (χ2n) is 5.60. The Morgan fingerprint density at radius 1 is 1.29 bits per heavy atom. The first-order valence-corrected chi connectivity index (χ1v) is 7.07. The predicted molar refractivity (Wildman–Crippen MR) is 77.2 cm³/mol. The zero-order valence-corrected chi connectivity index (χ0v) is 12.3. The fraction of sp³-hybridized carbons (Fsp3) is 0.533. The first-order chi connectivity index (χ1) is 9.90. The first-order valence-electron chi connectivity index (χ1n) is 7.07. The van der Waals surface area contributed by atoms with E-state index in [1.165, 1.54) is 22.6 Å². The molecule has 1 N–H and O–H groups in total. The fourth-order valence-corrected chi connectivity index (χ4v) is 2.96. The highest BCUT2D eigenvalue weighted by Gasteiger charge is 2.45. The van der Waals surface area contributed by atoms with E-state index in [1.807, 2.05) is 0 Å². The Kier molecular flexibility index (Phi) is 4.16. The van der Waals surface area contributed by atoms with Crippen LogP contribution in [0.1, 0.15) is 42.5 Å². The van der Waals surface area contributed by atoms with E-state index in [0.29, 0.717) is 12.8 Å². The van der Waals surface area contributed by atoms with Gasteiger partial charge in [0, 0.05) is 20.3 Å². The van der Waals surface area contributed by atoms with Crippen LogP contribution in [0.25, 0.3) is 0 Å². The molecule has 0 atom stereocenters.